The second-order valence-corrected chi connectivity index (χ2v) is 8.38. The fourth-order valence-electron chi connectivity index (χ4n) is 5.46. The number of hydrogen-bond donors (Lipinski definition) is 1. The lowest BCUT2D eigenvalue weighted by Gasteiger charge is -2.56. The molecule has 0 radical (unpaired) electrons. The molecule has 4 atom stereocenters. The number of carbonyl (C=O) groups is 1. The summed E-state index contributed by atoms with van der Waals surface area (Å²) in [5, 5.41) is 3.77. The third kappa shape index (κ3) is 3.02. The van der Waals surface area contributed by atoms with Gasteiger partial charge in [-0.3, -0.25) is 4.79 Å². The number of ether oxygens (including phenoxy) is 2. The van der Waals surface area contributed by atoms with E-state index in [1.54, 1.807) is 0 Å². The molecule has 1 heterocycles. The van der Waals surface area contributed by atoms with Gasteiger partial charge in [-0.2, -0.15) is 0 Å². The summed E-state index contributed by atoms with van der Waals surface area (Å²) in [5.41, 5.74) is 3.31. The van der Waals surface area contributed by atoms with Crippen molar-refractivity contribution in [2.24, 2.45) is 11.8 Å². The first-order valence-electron chi connectivity index (χ1n) is 10.3. The molecule has 1 aromatic rings. The summed E-state index contributed by atoms with van der Waals surface area (Å²) in [5.74, 6) is 1.33. The zero-order valence-corrected chi connectivity index (χ0v) is 16.1. The highest BCUT2D eigenvalue weighted by molar-refractivity contribution is 5.71. The molecule has 4 rings (SSSR count). The van der Waals surface area contributed by atoms with E-state index in [2.05, 4.69) is 17.4 Å². The van der Waals surface area contributed by atoms with Crippen LogP contribution < -0.4 is 10.1 Å². The highest BCUT2D eigenvalue weighted by Gasteiger charge is 2.51. The van der Waals surface area contributed by atoms with Crippen LogP contribution >= 0.6 is 0 Å². The number of carbonyl (C=O) groups excluding carboxylic acids is 1. The van der Waals surface area contributed by atoms with Crippen LogP contribution in [0.25, 0.3) is 0 Å². The average Bonchev–Trinajstić information content (AvgIpc) is 2.67. The van der Waals surface area contributed by atoms with Crippen molar-refractivity contribution >= 4 is 5.97 Å². The van der Waals surface area contributed by atoms with E-state index >= 15 is 0 Å². The van der Waals surface area contributed by atoms with E-state index in [1.807, 2.05) is 19.9 Å². The van der Waals surface area contributed by atoms with Crippen molar-refractivity contribution in [2.75, 3.05) is 13.3 Å². The minimum atomic E-state index is -0.183. The van der Waals surface area contributed by atoms with E-state index in [-0.39, 0.29) is 18.7 Å². The minimum Gasteiger partial charge on any atom is -0.457 e. The molecule has 3 aliphatic rings. The van der Waals surface area contributed by atoms with Crippen molar-refractivity contribution in [3.8, 4) is 5.75 Å². The van der Waals surface area contributed by atoms with Crippen molar-refractivity contribution in [3.63, 3.8) is 0 Å². The van der Waals surface area contributed by atoms with Crippen LogP contribution in [0, 0.1) is 11.8 Å². The molecule has 1 N–H and O–H groups in total. The molecule has 142 valence electrons. The van der Waals surface area contributed by atoms with Crippen LogP contribution in [0.3, 0.4) is 0 Å². The van der Waals surface area contributed by atoms with Crippen molar-refractivity contribution in [2.45, 2.75) is 70.3 Å². The van der Waals surface area contributed by atoms with Crippen molar-refractivity contribution in [1.82, 2.24) is 5.32 Å². The van der Waals surface area contributed by atoms with Gasteiger partial charge in [0.15, 0.2) is 0 Å². The molecule has 2 bridgehead atoms. The second-order valence-electron chi connectivity index (χ2n) is 8.38. The lowest BCUT2D eigenvalue weighted by molar-refractivity contribution is -0.154. The topological polar surface area (TPSA) is 47.6 Å². The number of esters is 1. The number of fused-ring (bicyclic) bond motifs is 1. The fourth-order valence-corrected chi connectivity index (χ4v) is 5.46. The molecule has 0 amide bonds. The summed E-state index contributed by atoms with van der Waals surface area (Å²) in [6, 6.07) is 7.14. The lowest BCUT2D eigenvalue weighted by atomic mass is 9.53. The SMILES string of the molecule is CCC(C)C(=O)OCOc1ccc2c(c1)[C@@]13CCCC[C@@H]1[C@H](C2)NCC3. The maximum absolute atomic E-state index is 11.8. The van der Waals surface area contributed by atoms with Gasteiger partial charge in [0, 0.05) is 11.5 Å². The Morgan fingerprint density at radius 2 is 2.23 bits per heavy atom. The maximum atomic E-state index is 11.8. The number of rotatable bonds is 5. The van der Waals surface area contributed by atoms with Gasteiger partial charge < -0.3 is 14.8 Å². The van der Waals surface area contributed by atoms with Crippen molar-refractivity contribution in [1.29, 1.82) is 0 Å². The van der Waals surface area contributed by atoms with Crippen LogP contribution in [0.5, 0.6) is 5.75 Å². The zero-order valence-electron chi connectivity index (χ0n) is 16.1. The van der Waals surface area contributed by atoms with E-state index in [4.69, 9.17) is 9.47 Å². The third-order valence-corrected chi connectivity index (χ3v) is 7.06. The van der Waals surface area contributed by atoms with Gasteiger partial charge in [-0.25, -0.2) is 0 Å². The highest BCUT2D eigenvalue weighted by Crippen LogP contribution is 2.54. The Bertz CT molecular complexity index is 669. The van der Waals surface area contributed by atoms with Gasteiger partial charge in [0.25, 0.3) is 0 Å². The molecule has 26 heavy (non-hydrogen) atoms. The molecule has 2 fully saturated rings. The molecule has 4 heteroatoms. The van der Waals surface area contributed by atoms with E-state index in [0.29, 0.717) is 11.5 Å². The summed E-state index contributed by atoms with van der Waals surface area (Å²) in [7, 11) is 0. The summed E-state index contributed by atoms with van der Waals surface area (Å²) in [6.45, 7) is 5.00. The number of piperidine rings is 1. The molecule has 1 aliphatic heterocycles. The zero-order chi connectivity index (χ0) is 18.1. The third-order valence-electron chi connectivity index (χ3n) is 7.06. The predicted octanol–water partition coefficient (Wildman–Crippen LogP) is 3.96. The number of benzene rings is 1. The molecule has 1 saturated heterocycles. The average molecular weight is 357 g/mol. The maximum Gasteiger partial charge on any atom is 0.311 e. The van der Waals surface area contributed by atoms with E-state index in [1.165, 1.54) is 43.2 Å². The van der Waals surface area contributed by atoms with Gasteiger partial charge in [-0.05, 0) is 67.8 Å². The van der Waals surface area contributed by atoms with E-state index in [9.17, 15) is 4.79 Å². The molecule has 0 aromatic heterocycles. The summed E-state index contributed by atoms with van der Waals surface area (Å²) >= 11 is 0. The number of nitrogens with one attached hydrogen (secondary N) is 1. The first kappa shape index (κ1) is 17.8. The van der Waals surface area contributed by atoms with Crippen molar-refractivity contribution < 1.29 is 14.3 Å². The molecular formula is C22H31NO3. The first-order chi connectivity index (χ1) is 12.6. The van der Waals surface area contributed by atoms with Gasteiger partial charge in [0.05, 0.1) is 5.92 Å². The Kier molecular flexibility index (Phi) is 4.96. The normalized spacial score (nSPS) is 30.7. The molecule has 1 aromatic carbocycles. The van der Waals surface area contributed by atoms with E-state index in [0.717, 1.165) is 31.1 Å². The van der Waals surface area contributed by atoms with Crippen LogP contribution in [0.15, 0.2) is 18.2 Å². The fraction of sp³-hybridized carbons (Fsp3) is 0.682. The Morgan fingerprint density at radius 1 is 1.35 bits per heavy atom. The largest absolute Gasteiger partial charge is 0.457 e. The summed E-state index contributed by atoms with van der Waals surface area (Å²) < 4.78 is 11.1. The standard InChI is InChI=1S/C22H31NO3/c1-3-15(2)21(24)26-14-25-17-8-7-16-12-20-18-6-4-5-9-22(18,10-11-23-20)19(16)13-17/h7-8,13,15,18,20,23H,3-6,9-12,14H2,1-2H3/t15?,18-,20+,22-/m1/s1. The van der Waals surface area contributed by atoms with Gasteiger partial charge in [-0.15, -0.1) is 0 Å². The van der Waals surface area contributed by atoms with Crippen molar-refractivity contribution in [3.05, 3.63) is 29.3 Å². The number of hydrogen-bond acceptors (Lipinski definition) is 4. The lowest BCUT2D eigenvalue weighted by Crippen LogP contribution is -2.59. The van der Waals surface area contributed by atoms with Crippen LogP contribution in [0.1, 0.15) is 63.5 Å². The highest BCUT2D eigenvalue weighted by atomic mass is 16.7. The van der Waals surface area contributed by atoms with Gasteiger partial charge >= 0.3 is 5.97 Å². The summed E-state index contributed by atoms with van der Waals surface area (Å²) in [4.78, 5) is 11.8. The molecular weight excluding hydrogens is 326 g/mol. The predicted molar refractivity (Wildman–Crippen MR) is 101 cm³/mol. The van der Waals surface area contributed by atoms with Gasteiger partial charge in [0.1, 0.15) is 5.75 Å². The molecule has 1 unspecified atom stereocenters. The Morgan fingerprint density at radius 3 is 3.08 bits per heavy atom. The summed E-state index contributed by atoms with van der Waals surface area (Å²) in [6.07, 6.45) is 8.49. The quantitative estimate of drug-likeness (QED) is 0.640. The molecule has 1 saturated carbocycles. The Labute approximate surface area is 156 Å². The molecule has 4 nitrogen and oxygen atoms in total. The van der Waals surface area contributed by atoms with Gasteiger partial charge in [0.2, 0.25) is 6.79 Å². The van der Waals surface area contributed by atoms with Crippen LogP contribution in [0.2, 0.25) is 0 Å². The van der Waals surface area contributed by atoms with Crippen LogP contribution in [0.4, 0.5) is 0 Å². The molecule has 0 spiro atoms. The van der Waals surface area contributed by atoms with Crippen LogP contribution in [-0.4, -0.2) is 25.3 Å². The smallest absolute Gasteiger partial charge is 0.311 e. The minimum absolute atomic E-state index is 0.00255. The van der Waals surface area contributed by atoms with E-state index < -0.39 is 0 Å². The monoisotopic (exact) mass is 357 g/mol. The van der Waals surface area contributed by atoms with Gasteiger partial charge in [-0.1, -0.05) is 32.8 Å². The first-order valence-corrected chi connectivity index (χ1v) is 10.3. The Balaban J connectivity index is 1.52. The molecule has 2 aliphatic carbocycles. The van der Waals surface area contributed by atoms with Crippen LogP contribution in [-0.2, 0) is 21.4 Å². The Hall–Kier alpha value is -1.55. The second kappa shape index (κ2) is 7.22.